The number of hydroxylamine groups is 2. The number of carbonyl (C=O) groups is 4. The van der Waals surface area contributed by atoms with Crippen LogP contribution in [0, 0.1) is 0 Å². The Morgan fingerprint density at radius 3 is 2.33 bits per heavy atom. The Balaban J connectivity index is 1.87. The molecule has 0 radical (unpaired) electrons. The van der Waals surface area contributed by atoms with Gasteiger partial charge in [-0.15, -0.1) is 0 Å². The van der Waals surface area contributed by atoms with Crippen molar-refractivity contribution < 1.29 is 33.5 Å². The summed E-state index contributed by atoms with van der Waals surface area (Å²) in [5.41, 5.74) is 0.372. The first-order valence-electron chi connectivity index (χ1n) is 7.14. The second-order valence-corrected chi connectivity index (χ2v) is 4.80. The van der Waals surface area contributed by atoms with Crippen molar-refractivity contribution in [3.05, 3.63) is 29.8 Å². The van der Waals surface area contributed by atoms with Crippen LogP contribution in [-0.4, -0.2) is 49.2 Å². The summed E-state index contributed by atoms with van der Waals surface area (Å²) in [6.45, 7) is 0.768. The normalized spacial score (nSPS) is 13.8. The Bertz CT molecular complexity index is 626. The minimum Gasteiger partial charge on any atom is -0.393 e. The molecule has 1 saturated heterocycles. The highest BCUT2D eigenvalue weighted by Crippen LogP contribution is 2.16. The van der Waals surface area contributed by atoms with Gasteiger partial charge in [0.05, 0.1) is 6.61 Å². The summed E-state index contributed by atoms with van der Waals surface area (Å²) in [6.07, 6.45) is -1.21. The maximum atomic E-state index is 11.8. The molecule has 2 rings (SSSR count). The molecule has 0 atom stereocenters. The van der Waals surface area contributed by atoms with Crippen molar-refractivity contribution in [2.45, 2.75) is 12.8 Å². The SMILES string of the molecule is COCCNC(=O)c1ccc(OC(=O)ON2C(=O)CCC2=O)cc1. The topological polar surface area (TPSA) is 111 Å². The van der Waals surface area contributed by atoms with Crippen LogP contribution in [0.2, 0.25) is 0 Å². The van der Waals surface area contributed by atoms with E-state index >= 15 is 0 Å². The van der Waals surface area contributed by atoms with Crippen LogP contribution in [0.4, 0.5) is 4.79 Å². The third-order valence-corrected chi connectivity index (χ3v) is 3.08. The van der Waals surface area contributed by atoms with E-state index in [0.717, 1.165) is 0 Å². The minimum atomic E-state index is -1.21. The van der Waals surface area contributed by atoms with Gasteiger partial charge in [0, 0.05) is 32.1 Å². The maximum absolute atomic E-state index is 11.8. The van der Waals surface area contributed by atoms with Crippen LogP contribution in [0.5, 0.6) is 5.75 Å². The largest absolute Gasteiger partial charge is 0.539 e. The van der Waals surface area contributed by atoms with Gasteiger partial charge >= 0.3 is 6.16 Å². The predicted molar refractivity (Wildman–Crippen MR) is 78.8 cm³/mol. The van der Waals surface area contributed by atoms with Gasteiger partial charge in [0.15, 0.2) is 0 Å². The van der Waals surface area contributed by atoms with Gasteiger partial charge in [-0.1, -0.05) is 5.06 Å². The molecule has 0 unspecified atom stereocenters. The molecule has 1 N–H and O–H groups in total. The quantitative estimate of drug-likeness (QED) is 0.351. The van der Waals surface area contributed by atoms with Crippen LogP contribution in [0.1, 0.15) is 23.2 Å². The van der Waals surface area contributed by atoms with Gasteiger partial charge < -0.3 is 14.8 Å². The molecule has 9 heteroatoms. The van der Waals surface area contributed by atoms with Gasteiger partial charge in [0.2, 0.25) is 0 Å². The zero-order valence-corrected chi connectivity index (χ0v) is 12.9. The van der Waals surface area contributed by atoms with E-state index in [-0.39, 0.29) is 24.5 Å². The third-order valence-electron chi connectivity index (χ3n) is 3.08. The number of ether oxygens (including phenoxy) is 2. The fourth-order valence-corrected chi connectivity index (χ4v) is 1.89. The molecule has 1 aromatic carbocycles. The van der Waals surface area contributed by atoms with Crippen molar-refractivity contribution in [1.82, 2.24) is 10.4 Å². The van der Waals surface area contributed by atoms with Gasteiger partial charge in [-0.2, -0.15) is 0 Å². The van der Waals surface area contributed by atoms with E-state index in [1.54, 1.807) is 0 Å². The van der Waals surface area contributed by atoms with Crippen molar-refractivity contribution in [2.75, 3.05) is 20.3 Å². The van der Waals surface area contributed by atoms with Gasteiger partial charge in [-0.3, -0.25) is 19.2 Å². The highest BCUT2D eigenvalue weighted by molar-refractivity contribution is 6.01. The molecule has 128 valence electrons. The van der Waals surface area contributed by atoms with Gasteiger partial charge in [0.1, 0.15) is 5.75 Å². The molecule has 1 fully saturated rings. The van der Waals surface area contributed by atoms with E-state index in [1.807, 2.05) is 0 Å². The molecular formula is C15H16N2O7. The van der Waals surface area contributed by atoms with Crippen LogP contribution < -0.4 is 10.1 Å². The monoisotopic (exact) mass is 336 g/mol. The average Bonchev–Trinajstić information content (AvgIpc) is 2.87. The zero-order chi connectivity index (χ0) is 17.5. The molecular weight excluding hydrogens is 320 g/mol. The molecule has 0 aromatic heterocycles. The number of imide groups is 1. The second kappa shape index (κ2) is 8.06. The Labute approximate surface area is 137 Å². The molecule has 24 heavy (non-hydrogen) atoms. The van der Waals surface area contributed by atoms with Crippen molar-refractivity contribution in [3.63, 3.8) is 0 Å². The molecule has 1 heterocycles. The van der Waals surface area contributed by atoms with E-state index in [0.29, 0.717) is 23.8 Å². The second-order valence-electron chi connectivity index (χ2n) is 4.80. The van der Waals surface area contributed by atoms with Crippen molar-refractivity contribution in [3.8, 4) is 5.75 Å². The number of hydrogen-bond acceptors (Lipinski definition) is 7. The molecule has 0 bridgehead atoms. The highest BCUT2D eigenvalue weighted by atomic mass is 16.8. The first-order valence-corrected chi connectivity index (χ1v) is 7.14. The number of rotatable bonds is 6. The number of amides is 3. The highest BCUT2D eigenvalue weighted by Gasteiger charge is 2.33. The number of hydrogen-bond donors (Lipinski definition) is 1. The van der Waals surface area contributed by atoms with E-state index in [1.165, 1.54) is 31.4 Å². The van der Waals surface area contributed by atoms with Crippen LogP contribution in [0.25, 0.3) is 0 Å². The van der Waals surface area contributed by atoms with E-state index in [9.17, 15) is 19.2 Å². The van der Waals surface area contributed by atoms with Gasteiger partial charge in [-0.05, 0) is 24.3 Å². The fourth-order valence-electron chi connectivity index (χ4n) is 1.89. The Morgan fingerprint density at radius 2 is 1.75 bits per heavy atom. The first kappa shape index (κ1) is 17.4. The smallest absolute Gasteiger partial charge is 0.393 e. The summed E-state index contributed by atoms with van der Waals surface area (Å²) in [5, 5.41) is 3.03. The molecule has 0 saturated carbocycles. The van der Waals surface area contributed by atoms with Crippen molar-refractivity contribution in [2.24, 2.45) is 0 Å². The summed E-state index contributed by atoms with van der Waals surface area (Å²) in [7, 11) is 1.53. The molecule has 0 spiro atoms. The Kier molecular flexibility index (Phi) is 5.85. The minimum absolute atomic E-state index is 0.000999. The van der Waals surface area contributed by atoms with Crippen LogP contribution in [0.15, 0.2) is 24.3 Å². The fraction of sp³-hybridized carbons (Fsp3) is 0.333. The number of benzene rings is 1. The summed E-state index contributed by atoms with van der Waals surface area (Å²) >= 11 is 0. The number of nitrogens with zero attached hydrogens (tertiary/aromatic N) is 1. The lowest BCUT2D eigenvalue weighted by Crippen LogP contribution is -2.33. The standard InChI is InChI=1S/C15H16N2O7/c1-22-9-8-16-14(20)10-2-4-11(5-3-10)23-15(21)24-17-12(18)6-7-13(17)19/h2-5H,6-9H2,1H3,(H,16,20). The van der Waals surface area contributed by atoms with E-state index < -0.39 is 18.0 Å². The third kappa shape index (κ3) is 4.53. The van der Waals surface area contributed by atoms with Crippen LogP contribution in [0.3, 0.4) is 0 Å². The molecule has 1 aliphatic heterocycles. The lowest BCUT2D eigenvalue weighted by molar-refractivity contribution is -0.174. The maximum Gasteiger partial charge on any atom is 0.539 e. The van der Waals surface area contributed by atoms with E-state index in [4.69, 9.17) is 9.47 Å². The predicted octanol–water partition coefficient (Wildman–Crippen LogP) is 0.642. The van der Waals surface area contributed by atoms with Crippen molar-refractivity contribution >= 4 is 23.9 Å². The number of carbonyl (C=O) groups excluding carboxylic acids is 4. The van der Waals surface area contributed by atoms with Crippen molar-refractivity contribution in [1.29, 1.82) is 0 Å². The average molecular weight is 336 g/mol. The Hall–Kier alpha value is -2.94. The zero-order valence-electron chi connectivity index (χ0n) is 12.9. The first-order chi connectivity index (χ1) is 11.5. The van der Waals surface area contributed by atoms with E-state index in [2.05, 4.69) is 10.2 Å². The van der Waals surface area contributed by atoms with Crippen LogP contribution in [-0.2, 0) is 19.2 Å². The molecule has 0 aliphatic carbocycles. The molecule has 1 aromatic rings. The summed E-state index contributed by atoms with van der Waals surface area (Å²) < 4.78 is 9.67. The number of methoxy groups -OCH3 is 1. The summed E-state index contributed by atoms with van der Waals surface area (Å²) in [4.78, 5) is 50.5. The lowest BCUT2D eigenvalue weighted by atomic mass is 10.2. The molecule has 1 aliphatic rings. The molecule has 3 amide bonds. The molecule has 9 nitrogen and oxygen atoms in total. The summed E-state index contributed by atoms with van der Waals surface area (Å²) in [6, 6.07) is 5.69. The number of nitrogens with one attached hydrogen (secondary N) is 1. The van der Waals surface area contributed by atoms with Gasteiger partial charge in [0.25, 0.3) is 17.7 Å². The van der Waals surface area contributed by atoms with Gasteiger partial charge in [-0.25, -0.2) is 4.79 Å². The Morgan fingerprint density at radius 1 is 1.12 bits per heavy atom. The van der Waals surface area contributed by atoms with Crippen LogP contribution >= 0.6 is 0 Å². The lowest BCUT2D eigenvalue weighted by Gasteiger charge is -2.12. The summed E-state index contributed by atoms with van der Waals surface area (Å²) in [5.74, 6) is -1.39.